The lowest BCUT2D eigenvalue weighted by molar-refractivity contribution is -0.155. The van der Waals surface area contributed by atoms with E-state index in [9.17, 15) is 18.0 Å². The van der Waals surface area contributed by atoms with E-state index < -0.39 is 29.7 Å². The van der Waals surface area contributed by atoms with Gasteiger partial charge in [-0.3, -0.25) is 4.90 Å². The summed E-state index contributed by atoms with van der Waals surface area (Å²) in [5.41, 5.74) is -0.929. The van der Waals surface area contributed by atoms with Crippen LogP contribution in [-0.2, 0) is 20.4 Å². The number of ether oxygens (including phenoxy) is 4. The average Bonchev–Trinajstić information content (AvgIpc) is 3.26. The molecule has 2 aliphatic rings. The van der Waals surface area contributed by atoms with Gasteiger partial charge < -0.3 is 18.9 Å². The SMILES string of the molecule is CC(C)C(Oc1cc(C(=O)OCCN2CCOCC2)ccc1C(F)(F)F)OC1CCCC1. The monoisotopic (exact) mass is 459 g/mol. The Labute approximate surface area is 186 Å². The van der Waals surface area contributed by atoms with Crippen molar-refractivity contribution in [2.24, 2.45) is 5.92 Å². The highest BCUT2D eigenvalue weighted by Crippen LogP contribution is 2.38. The van der Waals surface area contributed by atoms with E-state index in [2.05, 4.69) is 4.90 Å². The van der Waals surface area contributed by atoms with Gasteiger partial charge in [-0.15, -0.1) is 0 Å². The van der Waals surface area contributed by atoms with Crippen molar-refractivity contribution < 1.29 is 36.9 Å². The summed E-state index contributed by atoms with van der Waals surface area (Å²) in [6, 6.07) is 3.09. The molecule has 1 heterocycles. The second-order valence-corrected chi connectivity index (χ2v) is 8.57. The van der Waals surface area contributed by atoms with E-state index in [1.165, 1.54) is 0 Å². The minimum atomic E-state index is -4.62. The third-order valence-corrected chi connectivity index (χ3v) is 5.68. The molecular weight excluding hydrogens is 427 g/mol. The van der Waals surface area contributed by atoms with Crippen LogP contribution >= 0.6 is 0 Å². The summed E-state index contributed by atoms with van der Waals surface area (Å²) in [6.45, 7) is 7.13. The van der Waals surface area contributed by atoms with Crippen molar-refractivity contribution in [2.45, 2.75) is 58.1 Å². The van der Waals surface area contributed by atoms with Crippen molar-refractivity contribution in [3.8, 4) is 5.75 Å². The normalized spacial score (nSPS) is 19.3. The number of halogens is 3. The third-order valence-electron chi connectivity index (χ3n) is 5.68. The van der Waals surface area contributed by atoms with Crippen LogP contribution in [0.25, 0.3) is 0 Å². The van der Waals surface area contributed by atoms with Crippen molar-refractivity contribution in [1.29, 1.82) is 0 Å². The number of benzene rings is 1. The Morgan fingerprint density at radius 3 is 2.50 bits per heavy atom. The second-order valence-electron chi connectivity index (χ2n) is 8.57. The van der Waals surface area contributed by atoms with Crippen molar-refractivity contribution in [1.82, 2.24) is 4.90 Å². The van der Waals surface area contributed by atoms with Gasteiger partial charge in [0.15, 0.2) is 0 Å². The molecule has 1 unspecified atom stereocenters. The number of morpholine rings is 1. The Morgan fingerprint density at radius 1 is 1.19 bits per heavy atom. The molecule has 2 fully saturated rings. The molecule has 180 valence electrons. The van der Waals surface area contributed by atoms with Gasteiger partial charge in [0.05, 0.1) is 30.4 Å². The first-order valence-electron chi connectivity index (χ1n) is 11.2. The van der Waals surface area contributed by atoms with Gasteiger partial charge in [-0.2, -0.15) is 13.2 Å². The van der Waals surface area contributed by atoms with E-state index in [-0.39, 0.29) is 24.2 Å². The summed E-state index contributed by atoms with van der Waals surface area (Å²) < 4.78 is 63.0. The molecule has 0 aromatic heterocycles. The maximum atomic E-state index is 13.6. The molecule has 32 heavy (non-hydrogen) atoms. The lowest BCUT2D eigenvalue weighted by Gasteiger charge is -2.27. The highest BCUT2D eigenvalue weighted by molar-refractivity contribution is 5.90. The first kappa shape index (κ1) is 24.8. The van der Waals surface area contributed by atoms with E-state index in [1.807, 2.05) is 13.8 Å². The Morgan fingerprint density at radius 2 is 1.88 bits per heavy atom. The number of alkyl halides is 3. The molecule has 1 aliphatic heterocycles. The van der Waals surface area contributed by atoms with Gasteiger partial charge >= 0.3 is 12.1 Å². The number of hydrogen-bond acceptors (Lipinski definition) is 6. The fourth-order valence-electron chi connectivity index (χ4n) is 3.82. The van der Waals surface area contributed by atoms with Crippen LogP contribution in [0.1, 0.15) is 55.5 Å². The third kappa shape index (κ3) is 7.08. The van der Waals surface area contributed by atoms with Gasteiger partial charge in [0.1, 0.15) is 12.4 Å². The summed E-state index contributed by atoms with van der Waals surface area (Å²) in [5.74, 6) is -1.27. The molecule has 0 amide bonds. The topological polar surface area (TPSA) is 57.2 Å². The zero-order valence-corrected chi connectivity index (χ0v) is 18.7. The molecule has 1 atom stereocenters. The van der Waals surface area contributed by atoms with Crippen LogP contribution in [0, 0.1) is 5.92 Å². The zero-order chi connectivity index (χ0) is 23.1. The van der Waals surface area contributed by atoms with Crippen molar-refractivity contribution in [2.75, 3.05) is 39.5 Å². The average molecular weight is 460 g/mol. The van der Waals surface area contributed by atoms with Crippen molar-refractivity contribution in [3.05, 3.63) is 29.3 Å². The Hall–Kier alpha value is -1.84. The maximum Gasteiger partial charge on any atom is 0.419 e. The molecule has 1 saturated heterocycles. The summed E-state index contributed by atoms with van der Waals surface area (Å²) in [5, 5.41) is 0. The molecule has 0 N–H and O–H groups in total. The van der Waals surface area contributed by atoms with Crippen LogP contribution in [0.3, 0.4) is 0 Å². The molecule has 1 aromatic carbocycles. The largest absolute Gasteiger partial charge is 0.464 e. The van der Waals surface area contributed by atoms with E-state index in [4.69, 9.17) is 18.9 Å². The number of carbonyl (C=O) groups is 1. The van der Waals surface area contributed by atoms with Crippen LogP contribution < -0.4 is 4.74 Å². The molecular formula is C23H32F3NO5. The van der Waals surface area contributed by atoms with E-state index in [1.54, 1.807) is 0 Å². The summed E-state index contributed by atoms with van der Waals surface area (Å²) in [6.07, 6.45) is -1.67. The first-order valence-corrected chi connectivity index (χ1v) is 11.2. The fraction of sp³-hybridized carbons (Fsp3) is 0.696. The molecule has 0 bridgehead atoms. The van der Waals surface area contributed by atoms with Crippen LogP contribution in [0.15, 0.2) is 18.2 Å². The number of rotatable bonds is 9. The van der Waals surface area contributed by atoms with Crippen molar-refractivity contribution in [3.63, 3.8) is 0 Å². The number of nitrogens with zero attached hydrogens (tertiary/aromatic N) is 1. The van der Waals surface area contributed by atoms with Crippen LogP contribution in [0.5, 0.6) is 5.75 Å². The lowest BCUT2D eigenvalue weighted by atomic mass is 10.1. The Kier molecular flexibility index (Phi) is 8.79. The smallest absolute Gasteiger partial charge is 0.419 e. The standard InChI is InChI=1S/C23H32F3NO5/c1-16(2)22(31-18-5-3-4-6-18)32-20-15-17(7-8-19(20)23(24,25)26)21(28)30-14-11-27-9-12-29-13-10-27/h7-8,15-16,18,22H,3-6,9-14H2,1-2H3. The van der Waals surface area contributed by atoms with Gasteiger partial charge in [0.25, 0.3) is 0 Å². The summed E-state index contributed by atoms with van der Waals surface area (Å²) >= 11 is 0. The minimum absolute atomic E-state index is 0.0124. The van der Waals surface area contributed by atoms with Gasteiger partial charge in [0.2, 0.25) is 6.29 Å². The van der Waals surface area contributed by atoms with E-state index in [0.717, 1.165) is 57.0 Å². The van der Waals surface area contributed by atoms with E-state index in [0.29, 0.717) is 19.8 Å². The summed E-state index contributed by atoms with van der Waals surface area (Å²) in [7, 11) is 0. The predicted molar refractivity (Wildman–Crippen MR) is 112 cm³/mol. The molecule has 1 aliphatic carbocycles. The number of hydrogen-bond donors (Lipinski definition) is 0. The predicted octanol–water partition coefficient (Wildman–Crippen LogP) is 4.51. The first-order chi connectivity index (χ1) is 15.2. The fourth-order valence-corrected chi connectivity index (χ4v) is 3.82. The van der Waals surface area contributed by atoms with E-state index >= 15 is 0 Å². The maximum absolute atomic E-state index is 13.6. The second kappa shape index (κ2) is 11.3. The number of carbonyl (C=O) groups excluding carboxylic acids is 1. The van der Waals surface area contributed by atoms with Crippen molar-refractivity contribution >= 4 is 5.97 Å². The van der Waals surface area contributed by atoms with Gasteiger partial charge in [-0.25, -0.2) is 4.79 Å². The van der Waals surface area contributed by atoms with Gasteiger partial charge in [-0.05, 0) is 31.0 Å². The highest BCUT2D eigenvalue weighted by atomic mass is 19.4. The van der Waals surface area contributed by atoms with Crippen LogP contribution in [0.2, 0.25) is 0 Å². The zero-order valence-electron chi connectivity index (χ0n) is 18.7. The minimum Gasteiger partial charge on any atom is -0.464 e. The summed E-state index contributed by atoms with van der Waals surface area (Å²) in [4.78, 5) is 14.6. The molecule has 1 saturated carbocycles. The molecule has 0 spiro atoms. The highest BCUT2D eigenvalue weighted by Gasteiger charge is 2.36. The Balaban J connectivity index is 1.69. The van der Waals surface area contributed by atoms with Gasteiger partial charge in [0, 0.05) is 25.6 Å². The molecule has 6 nitrogen and oxygen atoms in total. The molecule has 0 radical (unpaired) electrons. The number of esters is 1. The van der Waals surface area contributed by atoms with Crippen LogP contribution in [-0.4, -0.2) is 62.7 Å². The molecule has 1 aromatic rings. The molecule has 9 heteroatoms. The van der Waals surface area contributed by atoms with Gasteiger partial charge in [-0.1, -0.05) is 26.7 Å². The van der Waals surface area contributed by atoms with Crippen LogP contribution in [0.4, 0.5) is 13.2 Å². The molecule has 3 rings (SSSR count). The Bertz CT molecular complexity index is 744. The lowest BCUT2D eigenvalue weighted by Crippen LogP contribution is -2.38. The quantitative estimate of drug-likeness (QED) is 0.400.